The molecule has 5 heteroatoms. The van der Waals surface area contributed by atoms with Crippen LogP contribution in [0.25, 0.3) is 0 Å². The fraction of sp³-hybridized carbons (Fsp3) is 0.500. The van der Waals surface area contributed by atoms with Gasteiger partial charge in [0.1, 0.15) is 0 Å². The number of aryl methyl sites for hydroxylation is 1. The van der Waals surface area contributed by atoms with E-state index in [9.17, 15) is 8.42 Å². The van der Waals surface area contributed by atoms with Crippen LogP contribution in [0.1, 0.15) is 37.8 Å². The summed E-state index contributed by atoms with van der Waals surface area (Å²) in [6.07, 6.45) is 1.76. The van der Waals surface area contributed by atoms with Crippen LogP contribution >= 0.6 is 0 Å². The fourth-order valence-corrected chi connectivity index (χ4v) is 3.62. The van der Waals surface area contributed by atoms with Crippen LogP contribution in [0, 0.1) is 18.8 Å². The van der Waals surface area contributed by atoms with Crippen molar-refractivity contribution in [3.05, 3.63) is 29.3 Å². The first-order chi connectivity index (χ1) is 9.84. The summed E-state index contributed by atoms with van der Waals surface area (Å²) in [7, 11) is -1.93. The number of hydrogen-bond donors (Lipinski definition) is 1. The highest BCUT2D eigenvalue weighted by molar-refractivity contribution is 7.89. The van der Waals surface area contributed by atoms with Crippen molar-refractivity contribution in [2.75, 3.05) is 13.6 Å². The van der Waals surface area contributed by atoms with Gasteiger partial charge in [-0.1, -0.05) is 31.3 Å². The molecule has 4 nitrogen and oxygen atoms in total. The van der Waals surface area contributed by atoms with Gasteiger partial charge in [0.25, 0.3) is 0 Å². The predicted molar refractivity (Wildman–Crippen MR) is 86.4 cm³/mol. The number of nitrogens with zero attached hydrogens (tertiary/aromatic N) is 1. The molecule has 1 unspecified atom stereocenters. The maximum Gasteiger partial charge on any atom is 0.244 e. The summed E-state index contributed by atoms with van der Waals surface area (Å²) in [6, 6.07) is 5.16. The van der Waals surface area contributed by atoms with Gasteiger partial charge in [0, 0.05) is 18.7 Å². The van der Waals surface area contributed by atoms with Crippen molar-refractivity contribution in [3.8, 4) is 11.8 Å². The Morgan fingerprint density at radius 2 is 2.05 bits per heavy atom. The van der Waals surface area contributed by atoms with E-state index in [1.807, 2.05) is 20.8 Å². The van der Waals surface area contributed by atoms with E-state index in [4.69, 9.17) is 5.73 Å². The Bertz CT molecular complexity index is 642. The van der Waals surface area contributed by atoms with Crippen LogP contribution in [0.15, 0.2) is 23.1 Å². The third-order valence-corrected chi connectivity index (χ3v) is 5.47. The first-order valence-electron chi connectivity index (χ1n) is 7.12. The van der Waals surface area contributed by atoms with E-state index in [2.05, 4.69) is 11.8 Å². The maximum atomic E-state index is 12.8. The predicted octanol–water partition coefficient (Wildman–Crippen LogP) is 2.11. The van der Waals surface area contributed by atoms with Crippen LogP contribution < -0.4 is 5.73 Å². The van der Waals surface area contributed by atoms with Gasteiger partial charge in [0.2, 0.25) is 10.0 Å². The summed E-state index contributed by atoms with van der Waals surface area (Å²) < 4.78 is 27.0. The molecule has 0 bridgehead atoms. The normalized spacial score (nSPS) is 12.9. The lowest BCUT2D eigenvalue weighted by molar-refractivity contribution is 0.368. The van der Waals surface area contributed by atoms with Crippen molar-refractivity contribution in [1.29, 1.82) is 0 Å². The second kappa shape index (κ2) is 7.60. The van der Waals surface area contributed by atoms with Crippen LogP contribution in [0.3, 0.4) is 0 Å². The number of sulfonamides is 1. The topological polar surface area (TPSA) is 63.4 Å². The third kappa shape index (κ3) is 4.31. The SMILES string of the molecule is CCCC(C)N(C)S(=O)(=O)c1ccc(C)cc1C#CCN. The minimum absolute atomic E-state index is 0.0448. The van der Waals surface area contributed by atoms with E-state index >= 15 is 0 Å². The van der Waals surface area contributed by atoms with E-state index < -0.39 is 10.0 Å². The molecule has 0 amide bonds. The molecule has 21 heavy (non-hydrogen) atoms. The lowest BCUT2D eigenvalue weighted by atomic mass is 10.1. The molecular formula is C16H24N2O2S. The zero-order chi connectivity index (χ0) is 16.0. The monoisotopic (exact) mass is 308 g/mol. The van der Waals surface area contributed by atoms with Gasteiger partial charge in [0.15, 0.2) is 0 Å². The Kier molecular flexibility index (Phi) is 6.41. The molecule has 1 aromatic carbocycles. The Morgan fingerprint density at radius 3 is 2.62 bits per heavy atom. The maximum absolute atomic E-state index is 12.8. The van der Waals surface area contributed by atoms with Gasteiger partial charge in [-0.25, -0.2) is 8.42 Å². The van der Waals surface area contributed by atoms with Crippen LogP contribution in [0.2, 0.25) is 0 Å². The lowest BCUT2D eigenvalue weighted by Gasteiger charge is -2.24. The number of rotatable bonds is 5. The fourth-order valence-electron chi connectivity index (χ4n) is 2.10. The largest absolute Gasteiger partial charge is 0.320 e. The molecule has 1 rings (SSSR count). The van der Waals surface area contributed by atoms with Crippen molar-refractivity contribution >= 4 is 10.0 Å². The van der Waals surface area contributed by atoms with Crippen LogP contribution in [0.5, 0.6) is 0 Å². The summed E-state index contributed by atoms with van der Waals surface area (Å²) in [5.74, 6) is 5.60. The Morgan fingerprint density at radius 1 is 1.38 bits per heavy atom. The van der Waals surface area contributed by atoms with Gasteiger partial charge in [-0.15, -0.1) is 0 Å². The Hall–Kier alpha value is -1.35. The Balaban J connectivity index is 3.31. The zero-order valence-electron chi connectivity index (χ0n) is 13.2. The standard InChI is InChI=1S/C16H24N2O2S/c1-5-7-14(3)18(4)21(19,20)16-10-9-13(2)12-15(16)8-6-11-17/h9-10,12,14H,5,7,11,17H2,1-4H3. The molecule has 0 saturated carbocycles. The van der Waals surface area contributed by atoms with Gasteiger partial charge >= 0.3 is 0 Å². The van der Waals surface area contributed by atoms with Gasteiger partial charge < -0.3 is 5.73 Å². The number of hydrogen-bond acceptors (Lipinski definition) is 3. The molecule has 0 saturated heterocycles. The van der Waals surface area contributed by atoms with E-state index in [0.717, 1.165) is 18.4 Å². The summed E-state index contributed by atoms with van der Waals surface area (Å²) in [5, 5.41) is 0. The molecule has 0 aliphatic rings. The second-order valence-electron chi connectivity index (χ2n) is 5.16. The van der Waals surface area contributed by atoms with Gasteiger partial charge in [-0.3, -0.25) is 0 Å². The van der Waals surface area contributed by atoms with E-state index in [0.29, 0.717) is 5.56 Å². The Labute approximate surface area is 128 Å². The van der Waals surface area contributed by atoms with Crippen molar-refractivity contribution in [2.24, 2.45) is 5.73 Å². The number of benzene rings is 1. The number of nitrogens with two attached hydrogens (primary N) is 1. The molecule has 0 radical (unpaired) electrons. The lowest BCUT2D eigenvalue weighted by Crippen LogP contribution is -2.35. The average Bonchev–Trinajstić information content (AvgIpc) is 2.44. The van der Waals surface area contributed by atoms with E-state index in [1.54, 1.807) is 25.2 Å². The summed E-state index contributed by atoms with van der Waals surface area (Å²) in [5.41, 5.74) is 6.87. The molecule has 0 spiro atoms. The van der Waals surface area contributed by atoms with Gasteiger partial charge in [-0.05, 0) is 38.0 Å². The average molecular weight is 308 g/mol. The van der Waals surface area contributed by atoms with E-state index in [1.165, 1.54) is 4.31 Å². The first kappa shape index (κ1) is 17.7. The molecule has 116 valence electrons. The molecule has 1 atom stereocenters. The van der Waals surface area contributed by atoms with Crippen molar-refractivity contribution in [3.63, 3.8) is 0 Å². The molecule has 0 fully saturated rings. The molecule has 1 aromatic rings. The van der Waals surface area contributed by atoms with Crippen LogP contribution in [-0.4, -0.2) is 32.4 Å². The smallest absolute Gasteiger partial charge is 0.244 e. The molecular weight excluding hydrogens is 284 g/mol. The van der Waals surface area contributed by atoms with E-state index in [-0.39, 0.29) is 17.5 Å². The van der Waals surface area contributed by atoms with Gasteiger partial charge in [0.05, 0.1) is 11.4 Å². The molecule has 0 aliphatic carbocycles. The quantitative estimate of drug-likeness (QED) is 0.847. The van der Waals surface area contributed by atoms with Crippen molar-refractivity contribution in [1.82, 2.24) is 4.31 Å². The van der Waals surface area contributed by atoms with Crippen LogP contribution in [-0.2, 0) is 10.0 Å². The third-order valence-electron chi connectivity index (χ3n) is 3.44. The van der Waals surface area contributed by atoms with Crippen molar-refractivity contribution in [2.45, 2.75) is 44.6 Å². The summed E-state index contributed by atoms with van der Waals surface area (Å²) in [4.78, 5) is 0.250. The first-order valence-corrected chi connectivity index (χ1v) is 8.56. The van der Waals surface area contributed by atoms with Crippen LogP contribution in [0.4, 0.5) is 0 Å². The zero-order valence-corrected chi connectivity index (χ0v) is 14.0. The highest BCUT2D eigenvalue weighted by Gasteiger charge is 2.26. The molecule has 0 aromatic heterocycles. The highest BCUT2D eigenvalue weighted by Crippen LogP contribution is 2.22. The minimum atomic E-state index is -3.55. The van der Waals surface area contributed by atoms with Gasteiger partial charge in [-0.2, -0.15) is 4.31 Å². The summed E-state index contributed by atoms with van der Waals surface area (Å²) in [6.45, 7) is 6.07. The summed E-state index contributed by atoms with van der Waals surface area (Å²) >= 11 is 0. The minimum Gasteiger partial charge on any atom is -0.320 e. The highest BCUT2D eigenvalue weighted by atomic mass is 32.2. The molecule has 0 aliphatic heterocycles. The second-order valence-corrected chi connectivity index (χ2v) is 7.13. The van der Waals surface area contributed by atoms with Crippen molar-refractivity contribution < 1.29 is 8.42 Å². The molecule has 2 N–H and O–H groups in total. The molecule has 0 heterocycles.